The second-order valence-corrected chi connectivity index (χ2v) is 4.24. The van der Waals surface area contributed by atoms with Gasteiger partial charge in [0.05, 0.1) is 5.60 Å². The molecule has 1 aliphatic heterocycles. The van der Waals surface area contributed by atoms with Crippen molar-refractivity contribution < 1.29 is 5.11 Å². The zero-order valence-electron chi connectivity index (χ0n) is 7.59. The molecule has 1 rings (SSSR count). The Balaban J connectivity index is 2.69. The van der Waals surface area contributed by atoms with Crippen LogP contribution in [0.25, 0.3) is 0 Å². The Morgan fingerprint density at radius 2 is 2.09 bits per heavy atom. The van der Waals surface area contributed by atoms with E-state index in [1.165, 1.54) is 0 Å². The van der Waals surface area contributed by atoms with Crippen molar-refractivity contribution in [1.82, 2.24) is 4.90 Å². The molecular weight excluding hydrogens is 140 g/mol. The molecule has 0 aromatic heterocycles. The van der Waals surface area contributed by atoms with Gasteiger partial charge in [0.15, 0.2) is 0 Å². The Kier molecular flexibility index (Phi) is 1.99. The van der Waals surface area contributed by atoms with Crippen LogP contribution in [0.5, 0.6) is 0 Å². The van der Waals surface area contributed by atoms with Crippen LogP contribution in [0.4, 0.5) is 0 Å². The number of nitrogens with zero attached hydrogens (tertiary/aromatic N) is 1. The lowest BCUT2D eigenvalue weighted by Crippen LogP contribution is -2.57. The SMILES string of the molecule is CN1CCC(O)(C(C)(C)N)C1. The first kappa shape index (κ1) is 8.97. The van der Waals surface area contributed by atoms with Gasteiger partial charge in [-0.3, -0.25) is 0 Å². The maximum absolute atomic E-state index is 10.0. The second kappa shape index (κ2) is 2.44. The average molecular weight is 158 g/mol. The van der Waals surface area contributed by atoms with Crippen molar-refractivity contribution >= 4 is 0 Å². The molecule has 1 aliphatic rings. The summed E-state index contributed by atoms with van der Waals surface area (Å²) in [5.74, 6) is 0. The highest BCUT2D eigenvalue weighted by molar-refractivity contribution is 5.02. The van der Waals surface area contributed by atoms with Gasteiger partial charge in [-0.05, 0) is 27.3 Å². The zero-order valence-corrected chi connectivity index (χ0v) is 7.59. The summed E-state index contributed by atoms with van der Waals surface area (Å²) in [6, 6.07) is 0. The smallest absolute Gasteiger partial charge is 0.0958 e. The monoisotopic (exact) mass is 158 g/mol. The van der Waals surface area contributed by atoms with E-state index in [0.29, 0.717) is 6.54 Å². The van der Waals surface area contributed by atoms with Crippen LogP contribution < -0.4 is 5.73 Å². The maximum Gasteiger partial charge on any atom is 0.0958 e. The molecule has 0 aromatic carbocycles. The number of β-amino-alcohol motifs (C(OH)–C–C–N with tert-alkyl or cyclic N) is 1. The number of likely N-dealkylation sites (N-methyl/N-ethyl adjacent to an activating group) is 1. The number of rotatable bonds is 1. The number of likely N-dealkylation sites (tertiary alicyclic amines) is 1. The van der Waals surface area contributed by atoms with Gasteiger partial charge in [0.2, 0.25) is 0 Å². The Labute approximate surface area is 68.2 Å². The largest absolute Gasteiger partial charge is 0.387 e. The Morgan fingerprint density at radius 3 is 2.27 bits per heavy atom. The lowest BCUT2D eigenvalue weighted by Gasteiger charge is -2.36. The molecule has 66 valence electrons. The van der Waals surface area contributed by atoms with E-state index < -0.39 is 11.1 Å². The van der Waals surface area contributed by atoms with Crippen LogP contribution in [0.3, 0.4) is 0 Å². The van der Waals surface area contributed by atoms with E-state index in [4.69, 9.17) is 5.73 Å². The molecule has 3 nitrogen and oxygen atoms in total. The quantitative estimate of drug-likeness (QED) is 0.555. The summed E-state index contributed by atoms with van der Waals surface area (Å²) in [6.07, 6.45) is 0.785. The predicted molar refractivity (Wildman–Crippen MR) is 45.3 cm³/mol. The van der Waals surface area contributed by atoms with E-state index >= 15 is 0 Å². The highest BCUT2D eigenvalue weighted by Gasteiger charge is 2.44. The van der Waals surface area contributed by atoms with Crippen molar-refractivity contribution in [1.29, 1.82) is 0 Å². The highest BCUT2D eigenvalue weighted by atomic mass is 16.3. The summed E-state index contributed by atoms with van der Waals surface area (Å²) in [6.45, 7) is 5.39. The molecule has 0 saturated carbocycles. The molecule has 1 unspecified atom stereocenters. The summed E-state index contributed by atoms with van der Waals surface area (Å²) >= 11 is 0. The third-order valence-electron chi connectivity index (χ3n) is 2.64. The second-order valence-electron chi connectivity index (χ2n) is 4.24. The third kappa shape index (κ3) is 1.55. The molecule has 3 N–H and O–H groups in total. The summed E-state index contributed by atoms with van der Waals surface area (Å²) in [5.41, 5.74) is 4.68. The Morgan fingerprint density at radius 1 is 1.55 bits per heavy atom. The minimum absolute atomic E-state index is 0.488. The average Bonchev–Trinajstić information content (AvgIpc) is 2.10. The molecule has 0 amide bonds. The van der Waals surface area contributed by atoms with Crippen LogP contribution >= 0.6 is 0 Å². The number of nitrogens with two attached hydrogens (primary N) is 1. The standard InChI is InChI=1S/C8H18N2O/c1-7(2,9)8(11)4-5-10(3)6-8/h11H,4-6,9H2,1-3H3. The number of aliphatic hydroxyl groups is 1. The van der Waals surface area contributed by atoms with Gasteiger partial charge in [-0.25, -0.2) is 0 Å². The van der Waals surface area contributed by atoms with Crippen LogP contribution in [-0.4, -0.2) is 41.3 Å². The zero-order chi connectivity index (χ0) is 8.70. The van der Waals surface area contributed by atoms with Crippen molar-refractivity contribution in [2.24, 2.45) is 5.73 Å². The Bertz CT molecular complexity index is 153. The number of hydrogen-bond donors (Lipinski definition) is 2. The molecule has 0 radical (unpaired) electrons. The molecule has 1 saturated heterocycles. The molecule has 1 heterocycles. The lowest BCUT2D eigenvalue weighted by molar-refractivity contribution is -0.00978. The number of hydrogen-bond acceptors (Lipinski definition) is 3. The third-order valence-corrected chi connectivity index (χ3v) is 2.64. The summed E-state index contributed by atoms with van der Waals surface area (Å²) in [4.78, 5) is 2.11. The van der Waals surface area contributed by atoms with Crippen LogP contribution in [0, 0.1) is 0 Å². The van der Waals surface area contributed by atoms with Gasteiger partial charge < -0.3 is 15.7 Å². The van der Waals surface area contributed by atoms with Gasteiger partial charge in [0.1, 0.15) is 0 Å². The van der Waals surface area contributed by atoms with Gasteiger partial charge in [-0.15, -0.1) is 0 Å². The molecule has 0 aromatic rings. The van der Waals surface area contributed by atoms with E-state index in [1.807, 2.05) is 20.9 Å². The van der Waals surface area contributed by atoms with Crippen molar-refractivity contribution in [3.05, 3.63) is 0 Å². The van der Waals surface area contributed by atoms with E-state index in [2.05, 4.69) is 4.90 Å². The fraction of sp³-hybridized carbons (Fsp3) is 1.00. The van der Waals surface area contributed by atoms with Gasteiger partial charge >= 0.3 is 0 Å². The van der Waals surface area contributed by atoms with Crippen LogP contribution in [0.2, 0.25) is 0 Å². The van der Waals surface area contributed by atoms with Gasteiger partial charge in [-0.1, -0.05) is 0 Å². The van der Waals surface area contributed by atoms with Crippen LogP contribution in [0.15, 0.2) is 0 Å². The van der Waals surface area contributed by atoms with Gasteiger partial charge in [-0.2, -0.15) is 0 Å². The fourth-order valence-corrected chi connectivity index (χ4v) is 1.51. The van der Waals surface area contributed by atoms with E-state index in [1.54, 1.807) is 0 Å². The Hall–Kier alpha value is -0.120. The maximum atomic E-state index is 10.0. The molecule has 0 bridgehead atoms. The van der Waals surface area contributed by atoms with Crippen molar-refractivity contribution in [2.45, 2.75) is 31.4 Å². The van der Waals surface area contributed by atoms with E-state index in [9.17, 15) is 5.11 Å². The van der Waals surface area contributed by atoms with E-state index in [0.717, 1.165) is 13.0 Å². The predicted octanol–water partition coefficient (Wildman–Crippen LogP) is -0.210. The normalized spacial score (nSPS) is 34.6. The van der Waals surface area contributed by atoms with Crippen molar-refractivity contribution in [3.8, 4) is 0 Å². The van der Waals surface area contributed by atoms with Gasteiger partial charge in [0.25, 0.3) is 0 Å². The van der Waals surface area contributed by atoms with Gasteiger partial charge in [0, 0.05) is 18.6 Å². The molecule has 0 spiro atoms. The fourth-order valence-electron chi connectivity index (χ4n) is 1.51. The summed E-state index contributed by atoms with van der Waals surface area (Å²) in [7, 11) is 2.00. The topological polar surface area (TPSA) is 49.5 Å². The molecule has 11 heavy (non-hydrogen) atoms. The van der Waals surface area contributed by atoms with Crippen LogP contribution in [-0.2, 0) is 0 Å². The minimum Gasteiger partial charge on any atom is -0.387 e. The summed E-state index contributed by atoms with van der Waals surface area (Å²) in [5, 5.41) is 10.0. The van der Waals surface area contributed by atoms with Crippen molar-refractivity contribution in [3.63, 3.8) is 0 Å². The first-order valence-electron chi connectivity index (χ1n) is 4.05. The first-order valence-corrected chi connectivity index (χ1v) is 4.05. The summed E-state index contributed by atoms with van der Waals surface area (Å²) < 4.78 is 0. The molecular formula is C8H18N2O. The first-order chi connectivity index (χ1) is 4.85. The van der Waals surface area contributed by atoms with Crippen LogP contribution in [0.1, 0.15) is 20.3 Å². The highest BCUT2D eigenvalue weighted by Crippen LogP contribution is 2.28. The molecule has 0 aliphatic carbocycles. The molecule has 1 atom stereocenters. The van der Waals surface area contributed by atoms with Crippen molar-refractivity contribution in [2.75, 3.05) is 20.1 Å². The molecule has 1 fully saturated rings. The molecule has 3 heteroatoms. The lowest BCUT2D eigenvalue weighted by atomic mass is 9.83. The minimum atomic E-state index is -0.693. The van der Waals surface area contributed by atoms with E-state index in [-0.39, 0.29) is 0 Å².